The molecule has 2 heterocycles. The number of hydrogen-bond donors (Lipinski definition) is 1. The molecule has 2 aliphatic rings. The highest BCUT2D eigenvalue weighted by Crippen LogP contribution is 2.26. The summed E-state index contributed by atoms with van der Waals surface area (Å²) in [4.78, 5) is 27.5. The number of nitrogens with one attached hydrogen (secondary N) is 1. The van der Waals surface area contributed by atoms with Crippen LogP contribution in [0.2, 0.25) is 0 Å². The Morgan fingerprint density at radius 3 is 2.57 bits per heavy atom. The molecule has 4 rings (SSSR count). The smallest absolute Gasteiger partial charge is 0.430 e. The monoisotopic (exact) mass is 507 g/mol. The van der Waals surface area contributed by atoms with Crippen molar-refractivity contribution in [2.75, 3.05) is 43.2 Å². The van der Waals surface area contributed by atoms with Crippen molar-refractivity contribution in [1.29, 1.82) is 0 Å². The molecule has 0 radical (unpaired) electrons. The number of nitrogens with zero attached hydrogens (tertiary/aromatic N) is 4. The Kier molecular flexibility index (Phi) is 7.70. The minimum atomic E-state index is -3.49. The number of hydrogen-bond acceptors (Lipinski definition) is 10. The summed E-state index contributed by atoms with van der Waals surface area (Å²) in [5.74, 6) is 0.751. The fourth-order valence-electron chi connectivity index (χ4n) is 4.01. The van der Waals surface area contributed by atoms with E-state index in [4.69, 9.17) is 9.57 Å². The van der Waals surface area contributed by atoms with Gasteiger partial charge in [-0.2, -0.15) is 0 Å². The van der Waals surface area contributed by atoms with Crippen molar-refractivity contribution in [3.05, 3.63) is 36.4 Å². The fourth-order valence-corrected chi connectivity index (χ4v) is 4.64. The number of benzene rings is 1. The lowest BCUT2D eigenvalue weighted by Gasteiger charge is -2.33. The number of anilines is 3. The predicted octanol–water partition coefficient (Wildman–Crippen LogP) is 3.53. The van der Waals surface area contributed by atoms with Crippen LogP contribution in [0.15, 0.2) is 35.5 Å². The topological polar surface area (TPSA) is 114 Å². The first kappa shape index (κ1) is 25.1. The molecule has 1 N–H and O–H groups in total. The van der Waals surface area contributed by atoms with Crippen LogP contribution >= 0.6 is 0 Å². The highest BCUT2D eigenvalue weighted by molar-refractivity contribution is 7.90. The first-order chi connectivity index (χ1) is 16.7. The number of ether oxygens (including phenoxy) is 1. The zero-order valence-corrected chi connectivity index (χ0v) is 20.6. The highest BCUT2D eigenvalue weighted by Gasteiger charge is 2.27. The molecule has 1 aromatic heterocycles. The minimum Gasteiger partial charge on any atom is -0.430 e. The third-order valence-electron chi connectivity index (χ3n) is 6.30. The van der Waals surface area contributed by atoms with Gasteiger partial charge in [0.1, 0.15) is 29.9 Å². The number of piperidine rings is 1. The average Bonchev–Trinajstić information content (AvgIpc) is 2.78. The van der Waals surface area contributed by atoms with Gasteiger partial charge >= 0.3 is 6.16 Å². The van der Waals surface area contributed by atoms with E-state index in [9.17, 15) is 17.6 Å². The molecule has 12 heteroatoms. The first-order valence-corrected chi connectivity index (χ1v) is 13.5. The fraction of sp³-hybridized carbons (Fsp3) is 0.522. The van der Waals surface area contributed by atoms with Gasteiger partial charge in [-0.1, -0.05) is 0 Å². The van der Waals surface area contributed by atoms with E-state index in [1.54, 1.807) is 11.1 Å². The SMILES string of the molecule is CN(CC1CCN(OC(=O)OC2CCC2)CC1)c1cc(Nc2ccc(S(C)(=O)=O)cc2F)ncn1. The lowest BCUT2D eigenvalue weighted by molar-refractivity contribution is -0.152. The molecule has 0 spiro atoms. The molecule has 35 heavy (non-hydrogen) atoms. The molecular weight excluding hydrogens is 477 g/mol. The van der Waals surface area contributed by atoms with E-state index in [1.807, 2.05) is 11.9 Å². The van der Waals surface area contributed by atoms with Crippen molar-refractivity contribution >= 4 is 33.3 Å². The van der Waals surface area contributed by atoms with E-state index in [2.05, 4.69) is 15.3 Å². The van der Waals surface area contributed by atoms with Crippen LogP contribution in [0, 0.1) is 11.7 Å². The molecule has 1 aliphatic heterocycles. The second-order valence-corrected chi connectivity index (χ2v) is 11.1. The number of aromatic nitrogens is 2. The van der Waals surface area contributed by atoms with Crippen LogP contribution < -0.4 is 10.2 Å². The Hall–Kier alpha value is -2.99. The van der Waals surface area contributed by atoms with Crippen molar-refractivity contribution in [1.82, 2.24) is 15.0 Å². The van der Waals surface area contributed by atoms with Gasteiger partial charge in [-0.05, 0) is 56.2 Å². The normalized spacial score (nSPS) is 17.5. The molecule has 0 atom stereocenters. The standard InChI is InChI=1S/C23H30FN5O5S/c1-28(14-16-8-10-29(11-9-16)34-23(30)33-17-4-3-5-17)22-13-21(25-15-26-22)27-20-7-6-18(12-19(20)24)35(2,31)32/h6-7,12-13,15-17H,3-5,8-11,14H2,1-2H3,(H,25,26,27). The number of halogens is 1. The summed E-state index contributed by atoms with van der Waals surface area (Å²) < 4.78 is 42.9. The van der Waals surface area contributed by atoms with Gasteiger partial charge in [-0.25, -0.2) is 27.6 Å². The van der Waals surface area contributed by atoms with Crippen LogP contribution in [-0.4, -0.2) is 68.6 Å². The number of carbonyl (C=O) groups is 1. The first-order valence-electron chi connectivity index (χ1n) is 11.6. The van der Waals surface area contributed by atoms with Crippen molar-refractivity contribution in [3.8, 4) is 0 Å². The van der Waals surface area contributed by atoms with Gasteiger partial charge in [-0.3, -0.25) is 0 Å². The lowest BCUT2D eigenvalue weighted by atomic mass is 9.96. The maximum absolute atomic E-state index is 14.4. The Morgan fingerprint density at radius 1 is 1.20 bits per heavy atom. The third-order valence-corrected chi connectivity index (χ3v) is 7.41. The molecule has 190 valence electrons. The average molecular weight is 508 g/mol. The summed E-state index contributed by atoms with van der Waals surface area (Å²) >= 11 is 0. The van der Waals surface area contributed by atoms with Crippen LogP contribution in [0.5, 0.6) is 0 Å². The largest absolute Gasteiger partial charge is 0.528 e. The maximum atomic E-state index is 14.4. The second-order valence-electron chi connectivity index (χ2n) is 9.07. The maximum Gasteiger partial charge on any atom is 0.528 e. The van der Waals surface area contributed by atoms with Gasteiger partial charge in [0.05, 0.1) is 10.6 Å². The van der Waals surface area contributed by atoms with Crippen molar-refractivity contribution < 1.29 is 27.2 Å². The van der Waals surface area contributed by atoms with Gasteiger partial charge in [0.25, 0.3) is 0 Å². The molecule has 0 bridgehead atoms. The predicted molar refractivity (Wildman–Crippen MR) is 128 cm³/mol. The number of hydroxylamine groups is 2. The van der Waals surface area contributed by atoms with E-state index >= 15 is 0 Å². The van der Waals surface area contributed by atoms with Gasteiger partial charge in [0.15, 0.2) is 9.84 Å². The molecule has 10 nitrogen and oxygen atoms in total. The molecule has 2 aromatic rings. The van der Waals surface area contributed by atoms with Gasteiger partial charge in [0, 0.05) is 39.0 Å². The second kappa shape index (κ2) is 10.7. The number of rotatable bonds is 8. The summed E-state index contributed by atoms with van der Waals surface area (Å²) in [6.45, 7) is 2.02. The van der Waals surface area contributed by atoms with Crippen molar-refractivity contribution in [2.24, 2.45) is 5.92 Å². The van der Waals surface area contributed by atoms with E-state index in [0.29, 0.717) is 30.6 Å². The van der Waals surface area contributed by atoms with Gasteiger partial charge in [-0.15, -0.1) is 5.06 Å². The molecular formula is C23H30FN5O5S. The van der Waals surface area contributed by atoms with E-state index in [1.165, 1.54) is 18.5 Å². The molecule has 2 fully saturated rings. The summed E-state index contributed by atoms with van der Waals surface area (Å²) in [7, 11) is -1.57. The number of sulfone groups is 1. The van der Waals surface area contributed by atoms with Gasteiger partial charge in [0.2, 0.25) is 0 Å². The van der Waals surface area contributed by atoms with E-state index < -0.39 is 21.8 Å². The molecule has 1 saturated carbocycles. The Labute approximate surface area is 204 Å². The Morgan fingerprint density at radius 2 is 1.94 bits per heavy atom. The van der Waals surface area contributed by atoms with Crippen molar-refractivity contribution in [3.63, 3.8) is 0 Å². The summed E-state index contributed by atoms with van der Waals surface area (Å²) in [6.07, 6.45) is 6.43. The Bertz CT molecular complexity index is 1150. The molecule has 1 aliphatic carbocycles. The molecule has 1 saturated heterocycles. The van der Waals surface area contributed by atoms with E-state index in [0.717, 1.165) is 51.0 Å². The zero-order chi connectivity index (χ0) is 25.0. The van der Waals surface area contributed by atoms with E-state index in [-0.39, 0.29) is 16.7 Å². The van der Waals surface area contributed by atoms with Gasteiger partial charge < -0.3 is 19.8 Å². The quantitative estimate of drug-likeness (QED) is 0.532. The third kappa shape index (κ3) is 6.79. The van der Waals surface area contributed by atoms with Crippen LogP contribution in [-0.2, 0) is 19.4 Å². The minimum absolute atomic E-state index is 0.00396. The lowest BCUT2D eigenvalue weighted by Crippen LogP contribution is -2.40. The highest BCUT2D eigenvalue weighted by atomic mass is 32.2. The van der Waals surface area contributed by atoms with Crippen LogP contribution in [0.3, 0.4) is 0 Å². The Balaban J connectivity index is 1.28. The molecule has 0 amide bonds. The summed E-state index contributed by atoms with van der Waals surface area (Å²) in [5, 5.41) is 4.54. The molecule has 0 unspecified atom stereocenters. The van der Waals surface area contributed by atoms with Crippen molar-refractivity contribution in [2.45, 2.75) is 43.1 Å². The summed E-state index contributed by atoms with van der Waals surface area (Å²) in [5.41, 5.74) is 0.118. The van der Waals surface area contributed by atoms with Crippen LogP contribution in [0.4, 0.5) is 26.5 Å². The van der Waals surface area contributed by atoms with Crippen LogP contribution in [0.1, 0.15) is 32.1 Å². The van der Waals surface area contributed by atoms with Crippen LogP contribution in [0.25, 0.3) is 0 Å². The zero-order valence-electron chi connectivity index (χ0n) is 19.8. The molecule has 1 aromatic carbocycles. The summed E-state index contributed by atoms with van der Waals surface area (Å²) in [6, 6.07) is 5.40. The number of carbonyl (C=O) groups excluding carboxylic acids is 1.